The molecule has 3 aromatic carbocycles. The van der Waals surface area contributed by atoms with Crippen molar-refractivity contribution >= 4 is 10.8 Å². The van der Waals surface area contributed by atoms with Crippen LogP contribution < -0.4 is 23.5 Å². The molecule has 0 bridgehead atoms. The molecule has 2 heterocycles. The number of benzene rings is 3. The Hall–Kier alpha value is -3.73. The SMILES string of the molecule is COc1cc2c(cc1OC)-c1cc3ccc(OC)c(OCc4ccccc4)c3c[n+]1CC2. The summed E-state index contributed by atoms with van der Waals surface area (Å²) in [6.45, 7) is 1.36. The molecule has 5 rings (SSSR count). The first-order valence-corrected chi connectivity index (χ1v) is 10.7. The maximum Gasteiger partial charge on any atom is 0.213 e. The zero-order valence-electron chi connectivity index (χ0n) is 18.6. The number of nitrogens with zero attached hydrogens (tertiary/aromatic N) is 1. The standard InChI is InChI=1S/C27H26NO4/c1-29-24-10-9-19-13-23-21-15-26(31-3)25(30-2)14-20(21)11-12-28(23)16-22(19)27(24)32-17-18-7-5-4-6-8-18/h4-10,13-16H,11-12,17H2,1-3H3/q+1. The van der Waals surface area contributed by atoms with Crippen LogP contribution in [0.2, 0.25) is 0 Å². The number of aryl methyl sites for hydroxylation is 2. The molecule has 0 amide bonds. The van der Waals surface area contributed by atoms with Gasteiger partial charge in [0.25, 0.3) is 0 Å². The van der Waals surface area contributed by atoms with E-state index in [-0.39, 0.29) is 0 Å². The normalized spacial score (nSPS) is 12.1. The summed E-state index contributed by atoms with van der Waals surface area (Å²) < 4.78 is 25.3. The molecule has 0 spiro atoms. The highest BCUT2D eigenvalue weighted by molar-refractivity contribution is 5.91. The van der Waals surface area contributed by atoms with Crippen molar-refractivity contribution in [3.05, 3.63) is 78.0 Å². The molecule has 162 valence electrons. The summed E-state index contributed by atoms with van der Waals surface area (Å²) in [6.07, 6.45) is 3.09. The minimum atomic E-state index is 0.484. The highest BCUT2D eigenvalue weighted by atomic mass is 16.5. The molecule has 1 aliphatic rings. The van der Waals surface area contributed by atoms with Gasteiger partial charge in [-0.05, 0) is 40.8 Å². The first-order valence-electron chi connectivity index (χ1n) is 10.7. The van der Waals surface area contributed by atoms with Crippen LogP contribution in [0.3, 0.4) is 0 Å². The van der Waals surface area contributed by atoms with Crippen molar-refractivity contribution in [2.45, 2.75) is 19.6 Å². The number of methoxy groups -OCH3 is 3. The Kier molecular flexibility index (Phi) is 5.31. The number of hydrogen-bond acceptors (Lipinski definition) is 4. The molecule has 4 aromatic rings. The fraction of sp³-hybridized carbons (Fsp3) is 0.222. The number of ether oxygens (including phenoxy) is 4. The van der Waals surface area contributed by atoms with Gasteiger partial charge in [-0.15, -0.1) is 0 Å². The maximum atomic E-state index is 6.28. The average molecular weight is 429 g/mol. The van der Waals surface area contributed by atoms with Crippen molar-refractivity contribution in [1.82, 2.24) is 0 Å². The van der Waals surface area contributed by atoms with Gasteiger partial charge in [-0.1, -0.05) is 30.3 Å². The molecule has 0 N–H and O–H groups in total. The molecule has 0 fully saturated rings. The Balaban J connectivity index is 1.61. The number of fused-ring (bicyclic) bond motifs is 4. The van der Waals surface area contributed by atoms with Gasteiger partial charge in [0, 0.05) is 12.5 Å². The Bertz CT molecular complexity index is 1280. The molecule has 0 radical (unpaired) electrons. The third-order valence-corrected chi connectivity index (χ3v) is 6.03. The van der Waals surface area contributed by atoms with E-state index in [9.17, 15) is 0 Å². The molecule has 1 aliphatic heterocycles. The highest BCUT2D eigenvalue weighted by Crippen LogP contribution is 2.40. The molecule has 5 heteroatoms. The van der Waals surface area contributed by atoms with Gasteiger partial charge < -0.3 is 18.9 Å². The van der Waals surface area contributed by atoms with Crippen molar-refractivity contribution in [1.29, 1.82) is 0 Å². The van der Waals surface area contributed by atoms with Crippen molar-refractivity contribution in [3.8, 4) is 34.3 Å². The van der Waals surface area contributed by atoms with E-state index in [1.807, 2.05) is 24.3 Å². The summed E-state index contributed by atoms with van der Waals surface area (Å²) in [5.41, 5.74) is 4.69. The fourth-order valence-corrected chi connectivity index (χ4v) is 4.37. The van der Waals surface area contributed by atoms with Gasteiger partial charge in [-0.2, -0.15) is 4.57 Å². The van der Waals surface area contributed by atoms with Crippen LogP contribution in [0, 0.1) is 0 Å². The first kappa shape index (κ1) is 20.2. The van der Waals surface area contributed by atoms with Crippen molar-refractivity contribution < 1.29 is 23.5 Å². The molecular weight excluding hydrogens is 402 g/mol. The maximum absolute atomic E-state index is 6.28. The number of pyridine rings is 1. The van der Waals surface area contributed by atoms with E-state index in [0.717, 1.165) is 58.0 Å². The average Bonchev–Trinajstić information content (AvgIpc) is 2.85. The quantitative estimate of drug-likeness (QED) is 0.407. The summed E-state index contributed by atoms with van der Waals surface area (Å²) in [5, 5.41) is 2.13. The summed E-state index contributed by atoms with van der Waals surface area (Å²) in [6, 6.07) is 20.6. The second kappa shape index (κ2) is 8.42. The summed E-state index contributed by atoms with van der Waals surface area (Å²) in [7, 11) is 5.02. The molecule has 5 nitrogen and oxygen atoms in total. The van der Waals surface area contributed by atoms with Crippen LogP contribution >= 0.6 is 0 Å². The lowest BCUT2D eigenvalue weighted by atomic mass is 9.95. The minimum absolute atomic E-state index is 0.484. The molecule has 0 aliphatic carbocycles. The van der Waals surface area contributed by atoms with E-state index in [1.165, 1.54) is 11.1 Å². The second-order valence-electron chi connectivity index (χ2n) is 7.84. The van der Waals surface area contributed by atoms with Crippen LogP contribution in [0.15, 0.2) is 66.9 Å². The minimum Gasteiger partial charge on any atom is -0.493 e. The van der Waals surface area contributed by atoms with Gasteiger partial charge >= 0.3 is 0 Å². The lowest BCUT2D eigenvalue weighted by Gasteiger charge is -2.19. The third kappa shape index (κ3) is 3.50. The number of hydrogen-bond donors (Lipinski definition) is 0. The molecule has 0 saturated carbocycles. The van der Waals surface area contributed by atoms with Crippen LogP contribution in [0.4, 0.5) is 0 Å². The van der Waals surface area contributed by atoms with Crippen molar-refractivity contribution in [2.24, 2.45) is 0 Å². The van der Waals surface area contributed by atoms with Crippen LogP contribution in [0.5, 0.6) is 23.0 Å². The molecule has 0 saturated heterocycles. The first-order chi connectivity index (χ1) is 15.7. The largest absolute Gasteiger partial charge is 0.493 e. The summed E-state index contributed by atoms with van der Waals surface area (Å²) in [4.78, 5) is 0. The zero-order chi connectivity index (χ0) is 22.1. The van der Waals surface area contributed by atoms with Crippen LogP contribution in [0.25, 0.3) is 22.0 Å². The lowest BCUT2D eigenvalue weighted by molar-refractivity contribution is -0.686. The van der Waals surface area contributed by atoms with Gasteiger partial charge in [0.2, 0.25) is 5.69 Å². The Morgan fingerprint density at radius 3 is 2.31 bits per heavy atom. The van der Waals surface area contributed by atoms with Gasteiger partial charge in [-0.25, -0.2) is 0 Å². The monoisotopic (exact) mass is 428 g/mol. The van der Waals surface area contributed by atoms with Crippen LogP contribution in [0.1, 0.15) is 11.1 Å². The molecular formula is C27H26NO4+. The Labute approximate surface area is 187 Å². The second-order valence-corrected chi connectivity index (χ2v) is 7.84. The van der Waals surface area contributed by atoms with E-state index in [0.29, 0.717) is 6.61 Å². The molecule has 1 aromatic heterocycles. The van der Waals surface area contributed by atoms with Crippen molar-refractivity contribution in [2.75, 3.05) is 21.3 Å². The van der Waals surface area contributed by atoms with Gasteiger partial charge in [-0.3, -0.25) is 0 Å². The molecule has 0 atom stereocenters. The fourth-order valence-electron chi connectivity index (χ4n) is 4.37. The van der Waals surface area contributed by atoms with Gasteiger partial charge in [0.15, 0.2) is 35.7 Å². The topological polar surface area (TPSA) is 40.8 Å². The van der Waals surface area contributed by atoms with E-state index in [4.69, 9.17) is 18.9 Å². The summed E-state index contributed by atoms with van der Waals surface area (Å²) in [5.74, 6) is 3.00. The van der Waals surface area contributed by atoms with E-state index in [2.05, 4.69) is 47.2 Å². The Morgan fingerprint density at radius 1 is 0.812 bits per heavy atom. The van der Waals surface area contributed by atoms with Crippen molar-refractivity contribution in [3.63, 3.8) is 0 Å². The molecule has 0 unspecified atom stereocenters. The van der Waals surface area contributed by atoms with E-state index in [1.54, 1.807) is 21.3 Å². The summed E-state index contributed by atoms with van der Waals surface area (Å²) >= 11 is 0. The predicted molar refractivity (Wildman–Crippen MR) is 124 cm³/mol. The predicted octanol–water partition coefficient (Wildman–Crippen LogP) is 4.96. The smallest absolute Gasteiger partial charge is 0.213 e. The number of aromatic nitrogens is 1. The zero-order valence-corrected chi connectivity index (χ0v) is 18.6. The van der Waals surface area contributed by atoms with Crippen LogP contribution in [-0.4, -0.2) is 21.3 Å². The van der Waals surface area contributed by atoms with E-state index >= 15 is 0 Å². The van der Waals surface area contributed by atoms with E-state index < -0.39 is 0 Å². The molecule has 32 heavy (non-hydrogen) atoms. The van der Waals surface area contributed by atoms with Crippen LogP contribution in [-0.2, 0) is 19.6 Å². The Morgan fingerprint density at radius 2 is 1.56 bits per heavy atom. The lowest BCUT2D eigenvalue weighted by Crippen LogP contribution is -2.40. The van der Waals surface area contributed by atoms with Gasteiger partial charge in [0.1, 0.15) is 6.61 Å². The highest BCUT2D eigenvalue weighted by Gasteiger charge is 2.27. The third-order valence-electron chi connectivity index (χ3n) is 6.03. The van der Waals surface area contributed by atoms with Gasteiger partial charge in [0.05, 0.1) is 32.3 Å². The number of rotatable bonds is 6.